The Morgan fingerprint density at radius 2 is 2.03 bits per heavy atom. The van der Waals surface area contributed by atoms with Crippen molar-refractivity contribution in [2.24, 2.45) is 0 Å². The van der Waals surface area contributed by atoms with Crippen LogP contribution in [0.15, 0.2) is 17.0 Å². The number of anilines is 1. The maximum Gasteiger partial charge on any atom is 0.243 e. The van der Waals surface area contributed by atoms with Gasteiger partial charge in [-0.15, -0.1) is 0 Å². The number of rotatable bonds is 5. The third-order valence-corrected chi connectivity index (χ3v) is 7.95. The molecular weight excluding hydrogens is 402 g/mol. The minimum absolute atomic E-state index is 0.126. The van der Waals surface area contributed by atoms with Gasteiger partial charge in [0.05, 0.1) is 30.3 Å². The fourth-order valence-electron chi connectivity index (χ4n) is 4.30. The molecule has 30 heavy (non-hydrogen) atoms. The summed E-state index contributed by atoms with van der Waals surface area (Å²) >= 11 is 0. The summed E-state index contributed by atoms with van der Waals surface area (Å²) in [6.45, 7) is 5.27. The lowest BCUT2D eigenvalue weighted by Crippen LogP contribution is -2.37. The lowest BCUT2D eigenvalue weighted by Gasteiger charge is -2.29. The van der Waals surface area contributed by atoms with Gasteiger partial charge < -0.3 is 15.4 Å². The normalized spacial score (nSPS) is 19.5. The zero-order valence-corrected chi connectivity index (χ0v) is 18.8. The van der Waals surface area contributed by atoms with E-state index >= 15 is 0 Å². The molecule has 4 rings (SSSR count). The van der Waals surface area contributed by atoms with E-state index in [1.807, 2.05) is 14.0 Å². The highest BCUT2D eigenvalue weighted by Gasteiger charge is 2.33. The number of benzene rings is 1. The summed E-state index contributed by atoms with van der Waals surface area (Å²) < 4.78 is 33.8. The Balaban J connectivity index is 1.69. The second kappa shape index (κ2) is 8.13. The fraction of sp³-hybridized carbons (Fsp3) is 0.524. The van der Waals surface area contributed by atoms with Crippen molar-refractivity contribution >= 4 is 15.8 Å². The van der Waals surface area contributed by atoms with Crippen LogP contribution in [-0.2, 0) is 23.0 Å². The van der Waals surface area contributed by atoms with E-state index in [9.17, 15) is 8.42 Å². The molecule has 0 bridgehead atoms. The van der Waals surface area contributed by atoms with Gasteiger partial charge in [0.2, 0.25) is 10.0 Å². The molecule has 162 valence electrons. The molecule has 0 unspecified atom stereocenters. The minimum atomic E-state index is -3.65. The summed E-state index contributed by atoms with van der Waals surface area (Å²) in [7, 11) is -0.214. The summed E-state index contributed by atoms with van der Waals surface area (Å²) in [6, 6.07) is 3.61. The van der Waals surface area contributed by atoms with Crippen LogP contribution in [0.25, 0.3) is 0 Å². The molecular formula is C21H29N5O3S. The third kappa shape index (κ3) is 3.66. The van der Waals surface area contributed by atoms with Crippen LogP contribution in [0, 0.1) is 13.8 Å². The highest BCUT2D eigenvalue weighted by Crippen LogP contribution is 2.32. The number of methoxy groups -OCH3 is 1. The van der Waals surface area contributed by atoms with Gasteiger partial charge in [0.25, 0.3) is 0 Å². The van der Waals surface area contributed by atoms with Gasteiger partial charge in [-0.3, -0.25) is 0 Å². The summed E-state index contributed by atoms with van der Waals surface area (Å²) in [5.74, 6) is 2.24. The molecule has 2 N–H and O–H groups in total. The van der Waals surface area contributed by atoms with E-state index in [-0.39, 0.29) is 12.6 Å². The van der Waals surface area contributed by atoms with Crippen LogP contribution in [-0.4, -0.2) is 49.9 Å². The Morgan fingerprint density at radius 3 is 2.70 bits per heavy atom. The molecule has 0 spiro atoms. The van der Waals surface area contributed by atoms with Gasteiger partial charge in [0, 0.05) is 19.2 Å². The molecule has 0 aliphatic carbocycles. The SMILES string of the molecule is CNc1nc([C@H]2CCCN2)nc2c1CCN(S(=O)(=O)c1cc(C)c(OC)cc1C)C2. The topological polar surface area (TPSA) is 96.5 Å². The largest absolute Gasteiger partial charge is 0.496 e. The molecule has 1 atom stereocenters. The van der Waals surface area contributed by atoms with Crippen molar-refractivity contribution in [3.63, 3.8) is 0 Å². The average Bonchev–Trinajstić information content (AvgIpc) is 3.28. The van der Waals surface area contributed by atoms with Crippen LogP contribution in [0.5, 0.6) is 5.75 Å². The number of hydrogen-bond acceptors (Lipinski definition) is 7. The van der Waals surface area contributed by atoms with Crippen LogP contribution < -0.4 is 15.4 Å². The summed E-state index contributed by atoms with van der Waals surface area (Å²) in [5, 5.41) is 6.60. The van der Waals surface area contributed by atoms with E-state index in [0.717, 1.165) is 47.8 Å². The number of fused-ring (bicyclic) bond motifs is 1. The first kappa shape index (κ1) is 21.0. The highest BCUT2D eigenvalue weighted by atomic mass is 32.2. The Hall–Kier alpha value is -2.23. The number of hydrogen-bond donors (Lipinski definition) is 2. The molecule has 1 saturated heterocycles. The van der Waals surface area contributed by atoms with Gasteiger partial charge in [0.15, 0.2) is 0 Å². The lowest BCUT2D eigenvalue weighted by molar-refractivity contribution is 0.382. The molecule has 3 heterocycles. The standard InChI is InChI=1S/C21H29N5O3S/c1-13-11-19(14(2)10-18(13)29-4)30(27,28)26-9-7-15-17(12-26)24-21(25-20(15)22-3)16-6-5-8-23-16/h10-11,16,23H,5-9,12H2,1-4H3,(H,22,24,25)/t16-/m1/s1. The van der Waals surface area contributed by atoms with Crippen molar-refractivity contribution in [3.8, 4) is 5.75 Å². The summed E-state index contributed by atoms with van der Waals surface area (Å²) in [6.07, 6.45) is 2.67. The van der Waals surface area contributed by atoms with Gasteiger partial charge in [-0.25, -0.2) is 18.4 Å². The maximum atomic E-state index is 13.5. The van der Waals surface area contributed by atoms with E-state index in [4.69, 9.17) is 14.7 Å². The van der Waals surface area contributed by atoms with Crippen molar-refractivity contribution < 1.29 is 13.2 Å². The molecule has 8 nitrogen and oxygen atoms in total. The van der Waals surface area contributed by atoms with E-state index in [2.05, 4.69) is 10.6 Å². The van der Waals surface area contributed by atoms with Crippen molar-refractivity contribution in [3.05, 3.63) is 40.3 Å². The first-order valence-corrected chi connectivity index (χ1v) is 11.8. The first-order valence-electron chi connectivity index (χ1n) is 10.3. The number of nitrogens with one attached hydrogen (secondary N) is 2. The number of sulfonamides is 1. The van der Waals surface area contributed by atoms with Crippen molar-refractivity contribution in [2.75, 3.05) is 32.6 Å². The van der Waals surface area contributed by atoms with Crippen molar-refractivity contribution in [1.82, 2.24) is 19.6 Å². The fourth-order valence-corrected chi connectivity index (χ4v) is 5.99. The number of nitrogens with zero attached hydrogens (tertiary/aromatic N) is 3. The molecule has 1 aromatic carbocycles. The monoisotopic (exact) mass is 431 g/mol. The predicted octanol–water partition coefficient (Wildman–Crippen LogP) is 2.32. The van der Waals surface area contributed by atoms with Gasteiger partial charge in [-0.05, 0) is 62.9 Å². The third-order valence-electron chi connectivity index (χ3n) is 5.97. The van der Waals surface area contributed by atoms with E-state index < -0.39 is 10.0 Å². The Labute approximate surface area is 178 Å². The van der Waals surface area contributed by atoms with Gasteiger partial charge in [-0.2, -0.15) is 4.31 Å². The molecule has 9 heteroatoms. The van der Waals surface area contributed by atoms with Crippen molar-refractivity contribution in [2.45, 2.75) is 50.6 Å². The summed E-state index contributed by atoms with van der Waals surface area (Å²) in [4.78, 5) is 9.82. The van der Waals surface area contributed by atoms with Crippen LogP contribution in [0.1, 0.15) is 47.1 Å². The second-order valence-corrected chi connectivity index (χ2v) is 9.84. The maximum absolute atomic E-state index is 13.5. The number of aromatic nitrogens is 2. The van der Waals surface area contributed by atoms with Crippen LogP contribution in [0.3, 0.4) is 0 Å². The second-order valence-electron chi connectivity index (χ2n) is 7.93. The lowest BCUT2D eigenvalue weighted by atomic mass is 10.1. The molecule has 0 amide bonds. The van der Waals surface area contributed by atoms with Crippen LogP contribution >= 0.6 is 0 Å². The van der Waals surface area contributed by atoms with E-state index in [1.165, 1.54) is 4.31 Å². The molecule has 2 aliphatic rings. The molecule has 1 fully saturated rings. The van der Waals surface area contributed by atoms with E-state index in [0.29, 0.717) is 29.2 Å². The smallest absolute Gasteiger partial charge is 0.243 e. The zero-order chi connectivity index (χ0) is 21.5. The summed E-state index contributed by atoms with van der Waals surface area (Å²) in [5.41, 5.74) is 3.27. The molecule has 2 aromatic rings. The zero-order valence-electron chi connectivity index (χ0n) is 17.9. The highest BCUT2D eigenvalue weighted by molar-refractivity contribution is 7.89. The van der Waals surface area contributed by atoms with Gasteiger partial charge in [-0.1, -0.05) is 0 Å². The van der Waals surface area contributed by atoms with Crippen LogP contribution in [0.4, 0.5) is 5.82 Å². The first-order chi connectivity index (χ1) is 14.3. The average molecular weight is 432 g/mol. The molecule has 1 aromatic heterocycles. The Morgan fingerprint density at radius 1 is 1.23 bits per heavy atom. The van der Waals surface area contributed by atoms with E-state index in [1.54, 1.807) is 26.2 Å². The molecule has 2 aliphatic heterocycles. The Bertz CT molecular complexity index is 1060. The number of aryl methyl sites for hydroxylation is 2. The molecule has 0 radical (unpaired) electrons. The van der Waals surface area contributed by atoms with Crippen LogP contribution in [0.2, 0.25) is 0 Å². The number of ether oxygens (including phenoxy) is 1. The predicted molar refractivity (Wildman–Crippen MR) is 115 cm³/mol. The quantitative estimate of drug-likeness (QED) is 0.750. The molecule has 0 saturated carbocycles. The Kier molecular flexibility index (Phi) is 5.69. The minimum Gasteiger partial charge on any atom is -0.496 e. The van der Waals surface area contributed by atoms with Gasteiger partial charge in [0.1, 0.15) is 17.4 Å². The van der Waals surface area contributed by atoms with Gasteiger partial charge >= 0.3 is 0 Å². The van der Waals surface area contributed by atoms with Crippen molar-refractivity contribution in [1.29, 1.82) is 0 Å².